The third kappa shape index (κ3) is 4.62. The van der Waals surface area contributed by atoms with Gasteiger partial charge in [-0.2, -0.15) is 0 Å². The lowest BCUT2D eigenvalue weighted by atomic mass is 9.84. The van der Waals surface area contributed by atoms with Gasteiger partial charge in [-0.3, -0.25) is 19.3 Å². The Labute approximate surface area is 205 Å². The molecule has 9 heteroatoms. The van der Waals surface area contributed by atoms with Crippen molar-refractivity contribution in [2.24, 2.45) is 17.8 Å². The Morgan fingerprint density at radius 2 is 1.66 bits per heavy atom. The number of carbonyl (C=O) groups is 3. The summed E-state index contributed by atoms with van der Waals surface area (Å²) in [5.74, 6) is 0.581. The summed E-state index contributed by atoms with van der Waals surface area (Å²) in [4.78, 5) is 38.5. The van der Waals surface area contributed by atoms with Crippen molar-refractivity contribution in [2.45, 2.75) is 50.0 Å². The lowest BCUT2D eigenvalue weighted by molar-refractivity contribution is -0.116. The van der Waals surface area contributed by atoms with Crippen LogP contribution in [0.15, 0.2) is 53.4 Å². The van der Waals surface area contributed by atoms with Crippen molar-refractivity contribution in [1.82, 2.24) is 9.62 Å². The standard InChI is InChI=1S/C26H29N3O5S/c1-16(23-15-17-6-7-18(23)14-17)28-35(33,34)20-10-8-19(9-11-20)27-24(30)12-13-29-25(31)21-4-2-3-5-22(21)26(29)32/h2-5,8-11,16-18,23,28H,6-7,12-15H2,1H3,(H,27,30)/t16-,17-,18-,23+/m0/s1. The molecule has 4 atom stereocenters. The highest BCUT2D eigenvalue weighted by atomic mass is 32.2. The van der Waals surface area contributed by atoms with E-state index in [1.807, 2.05) is 6.92 Å². The minimum absolute atomic E-state index is 0.0323. The molecule has 2 saturated carbocycles. The SMILES string of the molecule is C[C@H](NS(=O)(=O)c1ccc(NC(=O)CCN2C(=O)c3ccccc3C2=O)cc1)[C@H]1C[C@H]2CC[C@H]1C2. The van der Waals surface area contributed by atoms with Crippen molar-refractivity contribution >= 4 is 33.4 Å². The van der Waals surface area contributed by atoms with E-state index in [0.717, 1.165) is 17.2 Å². The van der Waals surface area contributed by atoms with Crippen molar-refractivity contribution < 1.29 is 22.8 Å². The third-order valence-corrected chi connectivity index (χ3v) is 9.24. The summed E-state index contributed by atoms with van der Waals surface area (Å²) in [6.07, 6.45) is 4.72. The monoisotopic (exact) mass is 495 g/mol. The van der Waals surface area contributed by atoms with Gasteiger partial charge in [-0.1, -0.05) is 18.6 Å². The van der Waals surface area contributed by atoms with E-state index in [4.69, 9.17) is 0 Å². The van der Waals surface area contributed by atoms with Gasteiger partial charge in [0.25, 0.3) is 11.8 Å². The van der Waals surface area contributed by atoms with Crippen molar-refractivity contribution in [3.05, 3.63) is 59.7 Å². The first-order valence-electron chi connectivity index (χ1n) is 12.1. The van der Waals surface area contributed by atoms with Gasteiger partial charge in [0.15, 0.2) is 0 Å². The molecule has 5 rings (SSSR count). The van der Waals surface area contributed by atoms with E-state index < -0.39 is 21.8 Å². The molecule has 2 N–H and O–H groups in total. The van der Waals surface area contributed by atoms with Crippen molar-refractivity contribution in [1.29, 1.82) is 0 Å². The van der Waals surface area contributed by atoms with Crippen LogP contribution in [0.4, 0.5) is 5.69 Å². The van der Waals surface area contributed by atoms with Crippen molar-refractivity contribution in [3.63, 3.8) is 0 Å². The predicted molar refractivity (Wildman–Crippen MR) is 130 cm³/mol. The number of hydrogen-bond donors (Lipinski definition) is 2. The van der Waals surface area contributed by atoms with Crippen LogP contribution in [-0.4, -0.2) is 43.6 Å². The van der Waals surface area contributed by atoms with Crippen LogP contribution >= 0.6 is 0 Å². The van der Waals surface area contributed by atoms with Crippen LogP contribution in [0.1, 0.15) is 59.7 Å². The summed E-state index contributed by atoms with van der Waals surface area (Å²) in [7, 11) is -3.66. The second-order valence-corrected chi connectivity index (χ2v) is 11.6. The Bertz CT molecular complexity index is 1240. The van der Waals surface area contributed by atoms with E-state index in [1.165, 1.54) is 43.5 Å². The zero-order valence-electron chi connectivity index (χ0n) is 19.6. The first kappa shape index (κ1) is 23.7. The Hall–Kier alpha value is -3.04. The van der Waals surface area contributed by atoms with Gasteiger partial charge in [0.2, 0.25) is 15.9 Å². The Morgan fingerprint density at radius 1 is 1.00 bits per heavy atom. The Kier molecular flexibility index (Phi) is 6.23. The summed E-state index contributed by atoms with van der Waals surface area (Å²) in [6.45, 7) is 1.92. The van der Waals surface area contributed by atoms with Crippen LogP contribution in [0.3, 0.4) is 0 Å². The molecule has 0 spiro atoms. The molecule has 2 aliphatic carbocycles. The van der Waals surface area contributed by atoms with Gasteiger partial charge in [0, 0.05) is 24.7 Å². The molecule has 2 aromatic rings. The number of carbonyl (C=O) groups excluding carboxylic acids is 3. The molecule has 3 amide bonds. The summed E-state index contributed by atoms with van der Waals surface area (Å²) < 4.78 is 28.6. The van der Waals surface area contributed by atoms with Gasteiger partial charge in [-0.15, -0.1) is 0 Å². The van der Waals surface area contributed by atoms with Gasteiger partial charge in [0.1, 0.15) is 0 Å². The van der Waals surface area contributed by atoms with Crippen molar-refractivity contribution in [2.75, 3.05) is 11.9 Å². The number of nitrogens with zero attached hydrogens (tertiary/aromatic N) is 1. The van der Waals surface area contributed by atoms with E-state index in [9.17, 15) is 22.8 Å². The van der Waals surface area contributed by atoms with Crippen LogP contribution < -0.4 is 10.0 Å². The van der Waals surface area contributed by atoms with Crippen LogP contribution in [0.5, 0.6) is 0 Å². The molecule has 0 unspecified atom stereocenters. The highest BCUT2D eigenvalue weighted by molar-refractivity contribution is 7.89. The molecule has 2 fully saturated rings. The quantitative estimate of drug-likeness (QED) is 0.545. The molecule has 1 heterocycles. The zero-order chi connectivity index (χ0) is 24.7. The number of benzene rings is 2. The largest absolute Gasteiger partial charge is 0.326 e. The first-order chi connectivity index (χ1) is 16.7. The molecule has 2 bridgehead atoms. The fraction of sp³-hybridized carbons (Fsp3) is 0.423. The van der Waals surface area contributed by atoms with E-state index in [2.05, 4.69) is 10.0 Å². The molecular weight excluding hydrogens is 466 g/mol. The molecule has 184 valence electrons. The second-order valence-electron chi connectivity index (χ2n) is 9.88. The van der Waals surface area contributed by atoms with Gasteiger partial charge in [-0.25, -0.2) is 13.1 Å². The number of hydrogen-bond acceptors (Lipinski definition) is 5. The number of amides is 3. The number of fused-ring (bicyclic) bond motifs is 3. The second kappa shape index (κ2) is 9.20. The van der Waals surface area contributed by atoms with E-state index in [1.54, 1.807) is 24.3 Å². The highest BCUT2D eigenvalue weighted by Gasteiger charge is 2.42. The summed E-state index contributed by atoms with van der Waals surface area (Å²) in [6, 6.07) is 12.5. The summed E-state index contributed by atoms with van der Waals surface area (Å²) in [5, 5.41) is 2.70. The normalized spacial score (nSPS) is 24.0. The lowest BCUT2D eigenvalue weighted by Crippen LogP contribution is -2.40. The van der Waals surface area contributed by atoms with E-state index in [0.29, 0.717) is 28.7 Å². The molecule has 2 aromatic carbocycles. The van der Waals surface area contributed by atoms with Gasteiger partial charge in [-0.05, 0) is 80.3 Å². The molecule has 0 saturated heterocycles. The maximum Gasteiger partial charge on any atom is 0.261 e. The fourth-order valence-electron chi connectivity index (χ4n) is 5.90. The van der Waals surface area contributed by atoms with Gasteiger partial charge < -0.3 is 5.32 Å². The molecule has 1 aliphatic heterocycles. The lowest BCUT2D eigenvalue weighted by Gasteiger charge is -2.28. The predicted octanol–water partition coefficient (Wildman–Crippen LogP) is 3.41. The van der Waals surface area contributed by atoms with Crippen molar-refractivity contribution in [3.8, 4) is 0 Å². The molecule has 0 radical (unpaired) electrons. The topological polar surface area (TPSA) is 113 Å². The van der Waals surface area contributed by atoms with Crippen LogP contribution in [0, 0.1) is 17.8 Å². The minimum atomic E-state index is -3.66. The maximum absolute atomic E-state index is 12.9. The number of imide groups is 1. The molecule has 0 aromatic heterocycles. The van der Waals surface area contributed by atoms with Crippen LogP contribution in [0.25, 0.3) is 0 Å². The number of sulfonamides is 1. The molecule has 3 aliphatic rings. The molecular formula is C26H29N3O5S. The fourth-order valence-corrected chi connectivity index (χ4v) is 7.20. The smallest absolute Gasteiger partial charge is 0.261 e. The number of rotatable bonds is 8. The van der Waals surface area contributed by atoms with Gasteiger partial charge in [0.05, 0.1) is 16.0 Å². The number of anilines is 1. The average Bonchev–Trinajstić information content (AvgIpc) is 3.53. The van der Waals surface area contributed by atoms with Gasteiger partial charge >= 0.3 is 0 Å². The molecule has 35 heavy (non-hydrogen) atoms. The first-order valence-corrected chi connectivity index (χ1v) is 13.6. The minimum Gasteiger partial charge on any atom is -0.326 e. The summed E-state index contributed by atoms with van der Waals surface area (Å²) >= 11 is 0. The zero-order valence-corrected chi connectivity index (χ0v) is 20.4. The maximum atomic E-state index is 12.9. The Balaban J connectivity index is 1.14. The number of nitrogens with one attached hydrogen (secondary N) is 2. The van der Waals surface area contributed by atoms with Crippen LogP contribution in [0.2, 0.25) is 0 Å². The Morgan fingerprint density at radius 3 is 2.23 bits per heavy atom. The van der Waals surface area contributed by atoms with E-state index in [-0.39, 0.29) is 29.8 Å². The third-order valence-electron chi connectivity index (χ3n) is 7.67. The van der Waals surface area contributed by atoms with Crippen LogP contribution in [-0.2, 0) is 14.8 Å². The summed E-state index contributed by atoms with van der Waals surface area (Å²) in [5.41, 5.74) is 1.13. The van der Waals surface area contributed by atoms with E-state index >= 15 is 0 Å². The molecule has 8 nitrogen and oxygen atoms in total. The highest BCUT2D eigenvalue weighted by Crippen LogP contribution is 2.49. The average molecular weight is 496 g/mol.